The Hall–Kier alpha value is -2.33. The van der Waals surface area contributed by atoms with E-state index in [0.29, 0.717) is 6.42 Å². The second kappa shape index (κ2) is 6.29. The first-order valence-corrected chi connectivity index (χ1v) is 8.07. The molecule has 0 saturated heterocycles. The van der Waals surface area contributed by atoms with Crippen molar-refractivity contribution in [3.63, 3.8) is 0 Å². The fourth-order valence-corrected chi connectivity index (χ4v) is 3.13. The van der Waals surface area contributed by atoms with Gasteiger partial charge in [-0.15, -0.1) is 0 Å². The normalized spacial score (nSPS) is 11.7. The van der Waals surface area contributed by atoms with E-state index in [9.17, 15) is 9.18 Å². The van der Waals surface area contributed by atoms with Crippen LogP contribution in [-0.2, 0) is 6.42 Å². The quantitative estimate of drug-likeness (QED) is 0.707. The first-order valence-electron chi connectivity index (χ1n) is 7.69. The first kappa shape index (κ1) is 16.5. The lowest BCUT2D eigenvalue weighted by atomic mass is 9.94. The minimum absolute atomic E-state index is 0.107. The molecule has 1 amide bonds. The van der Waals surface area contributed by atoms with Crippen LogP contribution in [0.5, 0.6) is 0 Å². The van der Waals surface area contributed by atoms with Crippen LogP contribution in [0.3, 0.4) is 0 Å². The number of carbonyl (C=O) groups excluding carboxylic acids is 1. The summed E-state index contributed by atoms with van der Waals surface area (Å²) in [6, 6.07) is 12.2. The van der Waals surface area contributed by atoms with Crippen LogP contribution in [0.15, 0.2) is 48.7 Å². The number of hydrogen-bond acceptors (Lipinski definition) is 1. The molecule has 3 aromatic rings. The number of amides is 1. The molecule has 0 aliphatic heterocycles. The van der Waals surface area contributed by atoms with Crippen LogP contribution in [0.25, 0.3) is 10.9 Å². The molecular formula is C19H18ClFN2O. The molecule has 124 valence electrons. The molecule has 5 heteroatoms. The molecule has 1 aromatic heterocycles. The van der Waals surface area contributed by atoms with E-state index >= 15 is 0 Å². The summed E-state index contributed by atoms with van der Waals surface area (Å²) in [5.74, 6) is -1.13. The molecule has 0 aliphatic rings. The summed E-state index contributed by atoms with van der Waals surface area (Å²) >= 11 is 5.97. The van der Waals surface area contributed by atoms with Gasteiger partial charge < -0.3 is 10.3 Å². The van der Waals surface area contributed by atoms with Crippen molar-refractivity contribution in [2.45, 2.75) is 25.8 Å². The van der Waals surface area contributed by atoms with Crippen LogP contribution >= 0.6 is 11.6 Å². The zero-order chi connectivity index (χ0) is 17.3. The molecule has 2 aromatic carbocycles. The zero-order valence-corrected chi connectivity index (χ0v) is 14.2. The molecule has 3 rings (SSSR count). The number of rotatable bonds is 4. The Bertz CT molecular complexity index is 881. The molecule has 1 heterocycles. The summed E-state index contributed by atoms with van der Waals surface area (Å²) < 4.78 is 13.9. The fourth-order valence-electron chi connectivity index (χ4n) is 2.88. The summed E-state index contributed by atoms with van der Waals surface area (Å²) in [5.41, 5.74) is 1.46. The summed E-state index contributed by atoms with van der Waals surface area (Å²) in [6.07, 6.45) is 2.55. The van der Waals surface area contributed by atoms with Crippen molar-refractivity contribution >= 4 is 28.4 Å². The molecule has 0 fully saturated rings. The number of halogens is 2. The third kappa shape index (κ3) is 3.29. The van der Waals surface area contributed by atoms with E-state index < -0.39 is 17.3 Å². The van der Waals surface area contributed by atoms with Gasteiger partial charge in [0.05, 0.1) is 10.6 Å². The van der Waals surface area contributed by atoms with Gasteiger partial charge in [0.15, 0.2) is 0 Å². The summed E-state index contributed by atoms with van der Waals surface area (Å²) in [7, 11) is 0. The highest BCUT2D eigenvalue weighted by Crippen LogP contribution is 2.24. The number of nitrogens with one attached hydrogen (secondary N) is 2. The van der Waals surface area contributed by atoms with Crippen molar-refractivity contribution in [2.75, 3.05) is 0 Å². The van der Waals surface area contributed by atoms with Crippen LogP contribution in [-0.4, -0.2) is 16.4 Å². The van der Waals surface area contributed by atoms with E-state index in [4.69, 9.17) is 11.6 Å². The van der Waals surface area contributed by atoms with Gasteiger partial charge in [0.25, 0.3) is 5.91 Å². The van der Waals surface area contributed by atoms with Gasteiger partial charge in [0, 0.05) is 22.6 Å². The van der Waals surface area contributed by atoms with Crippen LogP contribution in [0, 0.1) is 5.82 Å². The number of benzene rings is 2. The van der Waals surface area contributed by atoms with E-state index in [1.807, 2.05) is 44.3 Å². The van der Waals surface area contributed by atoms with E-state index in [-0.39, 0.29) is 10.6 Å². The van der Waals surface area contributed by atoms with E-state index in [1.54, 1.807) is 0 Å². The van der Waals surface area contributed by atoms with Gasteiger partial charge in [-0.05, 0) is 44.0 Å². The van der Waals surface area contributed by atoms with Crippen molar-refractivity contribution in [3.8, 4) is 0 Å². The van der Waals surface area contributed by atoms with E-state index in [1.165, 1.54) is 18.2 Å². The molecule has 2 N–H and O–H groups in total. The Morgan fingerprint density at radius 2 is 1.96 bits per heavy atom. The molecule has 0 saturated carbocycles. The third-order valence-corrected chi connectivity index (χ3v) is 4.26. The topological polar surface area (TPSA) is 44.9 Å². The Balaban J connectivity index is 1.82. The van der Waals surface area contributed by atoms with Gasteiger partial charge in [0.1, 0.15) is 5.82 Å². The summed E-state index contributed by atoms with van der Waals surface area (Å²) in [6.45, 7) is 3.81. The number of hydrogen-bond donors (Lipinski definition) is 2. The smallest absolute Gasteiger partial charge is 0.256 e. The second-order valence-electron chi connectivity index (χ2n) is 6.47. The van der Waals surface area contributed by atoms with Crippen LogP contribution in [0.2, 0.25) is 5.02 Å². The van der Waals surface area contributed by atoms with Crippen molar-refractivity contribution < 1.29 is 9.18 Å². The third-order valence-electron chi connectivity index (χ3n) is 3.95. The largest absolute Gasteiger partial charge is 0.361 e. The molecule has 0 bridgehead atoms. The minimum Gasteiger partial charge on any atom is -0.361 e. The lowest BCUT2D eigenvalue weighted by molar-refractivity contribution is 0.0909. The predicted octanol–water partition coefficient (Wildman–Crippen LogP) is 4.71. The average molecular weight is 345 g/mol. The maximum atomic E-state index is 13.9. The van der Waals surface area contributed by atoms with Gasteiger partial charge in [-0.25, -0.2) is 4.39 Å². The highest BCUT2D eigenvalue weighted by atomic mass is 35.5. The van der Waals surface area contributed by atoms with Gasteiger partial charge in [0.2, 0.25) is 0 Å². The van der Waals surface area contributed by atoms with Gasteiger partial charge in [-0.1, -0.05) is 35.9 Å². The van der Waals surface area contributed by atoms with E-state index in [2.05, 4.69) is 10.3 Å². The van der Waals surface area contributed by atoms with Crippen molar-refractivity contribution in [2.24, 2.45) is 0 Å². The van der Waals surface area contributed by atoms with Crippen LogP contribution in [0.4, 0.5) is 4.39 Å². The molecule has 0 atom stereocenters. The maximum absolute atomic E-state index is 13.9. The fraction of sp³-hybridized carbons (Fsp3) is 0.211. The monoisotopic (exact) mass is 344 g/mol. The SMILES string of the molecule is CC(C)(Cc1c[nH]c2ccccc12)NC(=O)c1c(F)cccc1Cl. The highest BCUT2D eigenvalue weighted by molar-refractivity contribution is 6.33. The molecular weight excluding hydrogens is 327 g/mol. The van der Waals surface area contributed by atoms with Crippen molar-refractivity contribution in [1.29, 1.82) is 0 Å². The van der Waals surface area contributed by atoms with Crippen LogP contribution < -0.4 is 5.32 Å². The second-order valence-corrected chi connectivity index (χ2v) is 6.88. The van der Waals surface area contributed by atoms with Crippen molar-refractivity contribution in [1.82, 2.24) is 10.3 Å². The number of aromatic nitrogens is 1. The van der Waals surface area contributed by atoms with Crippen LogP contribution in [0.1, 0.15) is 29.8 Å². The van der Waals surface area contributed by atoms with E-state index in [0.717, 1.165) is 16.5 Å². The highest BCUT2D eigenvalue weighted by Gasteiger charge is 2.25. The Morgan fingerprint density at radius 3 is 2.71 bits per heavy atom. The Morgan fingerprint density at radius 1 is 1.21 bits per heavy atom. The molecule has 3 nitrogen and oxygen atoms in total. The number of aromatic amines is 1. The van der Waals surface area contributed by atoms with Gasteiger partial charge >= 0.3 is 0 Å². The lowest BCUT2D eigenvalue weighted by Crippen LogP contribution is -2.45. The molecule has 0 spiro atoms. The van der Waals surface area contributed by atoms with Gasteiger partial charge in [-0.3, -0.25) is 4.79 Å². The molecule has 0 aliphatic carbocycles. The Labute approximate surface area is 144 Å². The number of H-pyrrole nitrogens is 1. The zero-order valence-electron chi connectivity index (χ0n) is 13.5. The molecule has 0 radical (unpaired) electrons. The maximum Gasteiger partial charge on any atom is 0.256 e. The average Bonchev–Trinajstić information content (AvgIpc) is 2.89. The number of para-hydroxylation sites is 1. The van der Waals surface area contributed by atoms with Crippen molar-refractivity contribution in [3.05, 3.63) is 70.6 Å². The summed E-state index contributed by atoms with van der Waals surface area (Å²) in [4.78, 5) is 15.7. The Kier molecular flexibility index (Phi) is 4.33. The molecule has 24 heavy (non-hydrogen) atoms. The first-order chi connectivity index (χ1) is 11.4. The standard InChI is InChI=1S/C19H18ClFN2O/c1-19(2,10-12-11-22-16-9-4-3-6-13(12)16)23-18(24)17-14(20)7-5-8-15(17)21/h3-9,11,22H,10H2,1-2H3,(H,23,24). The number of carbonyl (C=O) groups is 1. The predicted molar refractivity (Wildman–Crippen MR) is 95.0 cm³/mol. The number of fused-ring (bicyclic) bond motifs is 1. The molecule has 0 unspecified atom stereocenters. The lowest BCUT2D eigenvalue weighted by Gasteiger charge is -2.26. The minimum atomic E-state index is -0.622. The van der Waals surface area contributed by atoms with Gasteiger partial charge in [-0.2, -0.15) is 0 Å². The summed E-state index contributed by atoms with van der Waals surface area (Å²) in [5, 5.41) is 4.10.